The summed E-state index contributed by atoms with van der Waals surface area (Å²) in [7, 11) is -1.96. The summed E-state index contributed by atoms with van der Waals surface area (Å²) < 4.78 is 24.3. The maximum Gasteiger partial charge on any atom is 0.253 e. The molecule has 6 heteroatoms. The summed E-state index contributed by atoms with van der Waals surface area (Å²) >= 11 is 0. The van der Waals surface area contributed by atoms with E-state index < -0.39 is 10.0 Å². The Morgan fingerprint density at radius 2 is 1.95 bits per heavy atom. The number of rotatable bonds is 5. The lowest BCUT2D eigenvalue weighted by atomic mass is 10.1. The van der Waals surface area contributed by atoms with Crippen LogP contribution >= 0.6 is 0 Å². The summed E-state index contributed by atoms with van der Waals surface area (Å²) in [5.41, 5.74) is 0.738. The van der Waals surface area contributed by atoms with Crippen LogP contribution in [-0.4, -0.2) is 33.7 Å². The van der Waals surface area contributed by atoms with Crippen molar-refractivity contribution in [1.82, 2.24) is 5.32 Å². The lowest BCUT2D eigenvalue weighted by Crippen LogP contribution is -2.34. The second kappa shape index (κ2) is 6.06. The number of sulfonamides is 1. The Morgan fingerprint density at radius 1 is 1.37 bits per heavy atom. The first-order valence-electron chi connectivity index (χ1n) is 6.11. The molecule has 0 saturated carbocycles. The molecule has 0 aliphatic heterocycles. The number of amides is 1. The zero-order valence-corrected chi connectivity index (χ0v) is 12.5. The Labute approximate surface area is 114 Å². The molecule has 1 atom stereocenters. The van der Waals surface area contributed by atoms with Crippen molar-refractivity contribution in [3.63, 3.8) is 0 Å². The molecule has 0 fully saturated rings. The van der Waals surface area contributed by atoms with Gasteiger partial charge >= 0.3 is 0 Å². The highest BCUT2D eigenvalue weighted by molar-refractivity contribution is 7.92. The summed E-state index contributed by atoms with van der Waals surface area (Å²) in [4.78, 5) is 12.1. The van der Waals surface area contributed by atoms with Crippen molar-refractivity contribution in [2.75, 3.05) is 17.6 Å². The molecule has 0 bridgehead atoms. The average molecular weight is 284 g/mol. The maximum atomic E-state index is 12.1. The normalized spacial score (nSPS) is 12.8. The van der Waals surface area contributed by atoms with Crippen LogP contribution < -0.4 is 9.62 Å². The van der Waals surface area contributed by atoms with E-state index in [-0.39, 0.29) is 11.9 Å². The average Bonchev–Trinajstić information content (AvgIpc) is 2.36. The lowest BCUT2D eigenvalue weighted by Gasteiger charge is -2.20. The van der Waals surface area contributed by atoms with Gasteiger partial charge in [0.2, 0.25) is 10.0 Å². The molecule has 0 radical (unpaired) electrons. The quantitative estimate of drug-likeness (QED) is 0.893. The Kier molecular flexibility index (Phi) is 4.94. The molecule has 1 amide bonds. The lowest BCUT2D eigenvalue weighted by molar-refractivity contribution is 0.0940. The first-order valence-corrected chi connectivity index (χ1v) is 7.96. The fraction of sp³-hybridized carbons (Fsp3) is 0.462. The number of nitrogens with one attached hydrogen (secondary N) is 1. The molecule has 0 spiro atoms. The van der Waals surface area contributed by atoms with Crippen LogP contribution in [0.4, 0.5) is 5.69 Å². The van der Waals surface area contributed by atoms with Gasteiger partial charge in [-0.2, -0.15) is 0 Å². The molecular formula is C13H20N2O3S. The van der Waals surface area contributed by atoms with Crippen LogP contribution in [0.3, 0.4) is 0 Å². The number of carbonyl (C=O) groups is 1. The van der Waals surface area contributed by atoms with Gasteiger partial charge in [0.05, 0.1) is 17.5 Å². The molecule has 0 unspecified atom stereocenters. The van der Waals surface area contributed by atoms with Gasteiger partial charge in [-0.05, 0) is 25.5 Å². The zero-order chi connectivity index (χ0) is 14.6. The second-order valence-electron chi connectivity index (χ2n) is 4.53. The van der Waals surface area contributed by atoms with Crippen molar-refractivity contribution in [2.24, 2.45) is 0 Å². The van der Waals surface area contributed by atoms with Crippen LogP contribution in [0, 0.1) is 0 Å². The van der Waals surface area contributed by atoms with E-state index >= 15 is 0 Å². The highest BCUT2D eigenvalue weighted by Crippen LogP contribution is 2.21. The van der Waals surface area contributed by atoms with Gasteiger partial charge in [-0.1, -0.05) is 19.1 Å². The molecule has 19 heavy (non-hydrogen) atoms. The molecule has 0 saturated heterocycles. The summed E-state index contributed by atoms with van der Waals surface area (Å²) in [5, 5.41) is 2.83. The van der Waals surface area contributed by atoms with E-state index in [9.17, 15) is 13.2 Å². The smallest absolute Gasteiger partial charge is 0.253 e. The number of hydrogen-bond donors (Lipinski definition) is 1. The van der Waals surface area contributed by atoms with Crippen LogP contribution in [0.5, 0.6) is 0 Å². The van der Waals surface area contributed by atoms with Gasteiger partial charge in [-0.25, -0.2) is 8.42 Å². The van der Waals surface area contributed by atoms with Gasteiger partial charge in [0.15, 0.2) is 0 Å². The third-order valence-corrected chi connectivity index (χ3v) is 4.17. The van der Waals surface area contributed by atoms with E-state index in [1.165, 1.54) is 7.05 Å². The monoisotopic (exact) mass is 284 g/mol. The van der Waals surface area contributed by atoms with E-state index in [1.54, 1.807) is 24.3 Å². The van der Waals surface area contributed by atoms with E-state index in [1.807, 2.05) is 13.8 Å². The molecule has 0 aliphatic carbocycles. The van der Waals surface area contributed by atoms with Crippen molar-refractivity contribution >= 4 is 21.6 Å². The highest BCUT2D eigenvalue weighted by Gasteiger charge is 2.19. The predicted molar refractivity (Wildman–Crippen MR) is 76.9 cm³/mol. The summed E-state index contributed by atoms with van der Waals surface area (Å²) in [6.07, 6.45) is 1.92. The van der Waals surface area contributed by atoms with Gasteiger partial charge in [0.25, 0.3) is 5.91 Å². The Bertz CT molecular complexity index is 555. The molecule has 1 aromatic carbocycles. The third kappa shape index (κ3) is 3.96. The van der Waals surface area contributed by atoms with Gasteiger partial charge in [0.1, 0.15) is 0 Å². The zero-order valence-electron chi connectivity index (χ0n) is 11.7. The molecule has 1 rings (SSSR count). The van der Waals surface area contributed by atoms with Crippen molar-refractivity contribution in [3.05, 3.63) is 29.8 Å². The SMILES string of the molecule is CC[C@H](C)NC(=O)c1ccccc1N(C)S(C)(=O)=O. The standard InChI is InChI=1S/C13H20N2O3S/c1-5-10(2)14-13(16)11-8-6-7-9-12(11)15(3)19(4,17)18/h6-10H,5H2,1-4H3,(H,14,16)/t10-/m0/s1. The molecular weight excluding hydrogens is 264 g/mol. The molecule has 0 aliphatic rings. The van der Waals surface area contributed by atoms with Crippen molar-refractivity contribution in [3.8, 4) is 0 Å². The fourth-order valence-electron chi connectivity index (χ4n) is 1.52. The summed E-state index contributed by atoms with van der Waals surface area (Å²) in [5.74, 6) is -0.263. The number of para-hydroxylation sites is 1. The van der Waals surface area contributed by atoms with Crippen LogP contribution in [-0.2, 0) is 10.0 Å². The van der Waals surface area contributed by atoms with E-state index in [4.69, 9.17) is 0 Å². The van der Waals surface area contributed by atoms with Crippen LogP contribution in [0.1, 0.15) is 30.6 Å². The summed E-state index contributed by atoms with van der Waals surface area (Å²) in [6.45, 7) is 3.88. The molecule has 1 aromatic rings. The minimum Gasteiger partial charge on any atom is -0.350 e. The van der Waals surface area contributed by atoms with Gasteiger partial charge < -0.3 is 5.32 Å². The highest BCUT2D eigenvalue weighted by atomic mass is 32.2. The van der Waals surface area contributed by atoms with Gasteiger partial charge in [-0.15, -0.1) is 0 Å². The van der Waals surface area contributed by atoms with E-state index in [0.29, 0.717) is 11.3 Å². The Morgan fingerprint density at radius 3 is 2.47 bits per heavy atom. The number of carbonyl (C=O) groups excluding carboxylic acids is 1. The maximum absolute atomic E-state index is 12.1. The Balaban J connectivity index is 3.13. The van der Waals surface area contributed by atoms with Crippen LogP contribution in [0.2, 0.25) is 0 Å². The number of benzene rings is 1. The van der Waals surface area contributed by atoms with Crippen LogP contribution in [0.15, 0.2) is 24.3 Å². The van der Waals surface area contributed by atoms with Crippen LogP contribution in [0.25, 0.3) is 0 Å². The molecule has 5 nitrogen and oxygen atoms in total. The van der Waals surface area contributed by atoms with Crippen molar-refractivity contribution < 1.29 is 13.2 Å². The molecule has 0 heterocycles. The third-order valence-electron chi connectivity index (χ3n) is 2.98. The number of nitrogens with zero attached hydrogens (tertiary/aromatic N) is 1. The number of anilines is 1. The van der Waals surface area contributed by atoms with E-state index in [0.717, 1.165) is 17.0 Å². The first kappa shape index (κ1) is 15.5. The minimum absolute atomic E-state index is 0.0455. The van der Waals surface area contributed by atoms with Gasteiger partial charge in [0, 0.05) is 13.1 Å². The molecule has 1 N–H and O–H groups in total. The fourth-order valence-corrected chi connectivity index (χ4v) is 2.04. The summed E-state index contributed by atoms with van der Waals surface area (Å²) in [6, 6.07) is 6.70. The topological polar surface area (TPSA) is 66.5 Å². The molecule has 106 valence electrons. The van der Waals surface area contributed by atoms with Crippen molar-refractivity contribution in [2.45, 2.75) is 26.3 Å². The van der Waals surface area contributed by atoms with Gasteiger partial charge in [-0.3, -0.25) is 9.10 Å². The number of hydrogen-bond acceptors (Lipinski definition) is 3. The molecule has 0 aromatic heterocycles. The largest absolute Gasteiger partial charge is 0.350 e. The Hall–Kier alpha value is -1.56. The predicted octanol–water partition coefficient (Wildman–Crippen LogP) is 1.61. The second-order valence-corrected chi connectivity index (χ2v) is 6.54. The minimum atomic E-state index is -3.39. The van der Waals surface area contributed by atoms with E-state index in [2.05, 4.69) is 5.32 Å². The van der Waals surface area contributed by atoms with Crippen molar-refractivity contribution in [1.29, 1.82) is 0 Å². The first-order chi connectivity index (χ1) is 8.77.